The number of ether oxygens (including phenoxy) is 1. The Labute approximate surface area is 106 Å². The van der Waals surface area contributed by atoms with Gasteiger partial charge in [-0.25, -0.2) is 0 Å². The molecule has 0 aromatic heterocycles. The molecular formula is C12H17ClN2O2. The van der Waals surface area contributed by atoms with Gasteiger partial charge in [-0.15, -0.1) is 0 Å². The van der Waals surface area contributed by atoms with Gasteiger partial charge < -0.3 is 15.8 Å². The van der Waals surface area contributed by atoms with Gasteiger partial charge in [-0.1, -0.05) is 11.6 Å². The fourth-order valence-electron chi connectivity index (χ4n) is 1.40. The second-order valence-electron chi connectivity index (χ2n) is 3.71. The molecule has 0 aliphatic carbocycles. The zero-order valence-corrected chi connectivity index (χ0v) is 10.8. The monoisotopic (exact) mass is 256 g/mol. The van der Waals surface area contributed by atoms with E-state index in [1.54, 1.807) is 18.2 Å². The quantitative estimate of drug-likeness (QED) is 0.793. The number of carbonyl (C=O) groups excluding carboxylic acids is 1. The van der Waals surface area contributed by atoms with E-state index in [2.05, 4.69) is 5.32 Å². The first-order valence-electron chi connectivity index (χ1n) is 5.49. The summed E-state index contributed by atoms with van der Waals surface area (Å²) in [6.07, 6.45) is -0.0237. The summed E-state index contributed by atoms with van der Waals surface area (Å²) in [7, 11) is 0. The van der Waals surface area contributed by atoms with Crippen molar-refractivity contribution in [2.24, 2.45) is 0 Å². The van der Waals surface area contributed by atoms with Crippen molar-refractivity contribution in [1.29, 1.82) is 0 Å². The third kappa shape index (κ3) is 4.24. The van der Waals surface area contributed by atoms with Gasteiger partial charge in [-0.2, -0.15) is 0 Å². The molecule has 0 aliphatic heterocycles. The van der Waals surface area contributed by atoms with E-state index in [0.29, 0.717) is 29.4 Å². The maximum absolute atomic E-state index is 11.8. The van der Waals surface area contributed by atoms with Crippen LogP contribution in [0.5, 0.6) is 0 Å². The van der Waals surface area contributed by atoms with Crippen molar-refractivity contribution in [2.75, 3.05) is 18.9 Å². The lowest BCUT2D eigenvalue weighted by Gasteiger charge is -2.13. The molecule has 0 fully saturated rings. The van der Waals surface area contributed by atoms with Gasteiger partial charge in [0.2, 0.25) is 0 Å². The molecule has 1 aromatic rings. The van der Waals surface area contributed by atoms with Gasteiger partial charge in [-0.05, 0) is 32.0 Å². The van der Waals surface area contributed by atoms with Crippen molar-refractivity contribution in [2.45, 2.75) is 20.0 Å². The molecule has 4 nitrogen and oxygen atoms in total. The largest absolute Gasteiger partial charge is 0.398 e. The highest BCUT2D eigenvalue weighted by atomic mass is 35.5. The summed E-state index contributed by atoms with van der Waals surface area (Å²) in [5.74, 6) is -0.239. The Morgan fingerprint density at radius 3 is 2.94 bits per heavy atom. The molecule has 1 atom stereocenters. The fraction of sp³-hybridized carbons (Fsp3) is 0.417. The lowest BCUT2D eigenvalue weighted by molar-refractivity contribution is 0.0695. The van der Waals surface area contributed by atoms with E-state index in [1.807, 2.05) is 13.8 Å². The molecule has 17 heavy (non-hydrogen) atoms. The normalized spacial score (nSPS) is 12.2. The van der Waals surface area contributed by atoms with Gasteiger partial charge in [0.15, 0.2) is 0 Å². The second kappa shape index (κ2) is 6.47. The number of carbonyl (C=O) groups is 1. The number of benzene rings is 1. The van der Waals surface area contributed by atoms with Gasteiger partial charge in [0.25, 0.3) is 5.91 Å². The summed E-state index contributed by atoms with van der Waals surface area (Å²) in [4.78, 5) is 11.8. The predicted octanol–water partition coefficient (Wildman–Crippen LogP) is 2.08. The van der Waals surface area contributed by atoms with E-state index in [4.69, 9.17) is 22.1 Å². The molecule has 3 N–H and O–H groups in total. The van der Waals surface area contributed by atoms with Crippen molar-refractivity contribution < 1.29 is 9.53 Å². The Bertz CT molecular complexity index is 396. The summed E-state index contributed by atoms with van der Waals surface area (Å²) in [5, 5.41) is 3.24. The van der Waals surface area contributed by atoms with Crippen molar-refractivity contribution >= 4 is 23.2 Å². The number of hydrogen-bond acceptors (Lipinski definition) is 3. The van der Waals surface area contributed by atoms with Crippen LogP contribution >= 0.6 is 11.6 Å². The maximum atomic E-state index is 11.8. The van der Waals surface area contributed by atoms with Crippen LogP contribution in [0.3, 0.4) is 0 Å². The molecule has 0 heterocycles. The zero-order chi connectivity index (χ0) is 12.8. The Morgan fingerprint density at radius 2 is 2.29 bits per heavy atom. The summed E-state index contributed by atoms with van der Waals surface area (Å²) < 4.78 is 5.31. The number of nitrogens with one attached hydrogen (secondary N) is 1. The molecule has 0 aliphatic rings. The molecule has 0 spiro atoms. The first-order chi connectivity index (χ1) is 8.04. The third-order valence-electron chi connectivity index (χ3n) is 2.26. The van der Waals surface area contributed by atoms with Crippen LogP contribution < -0.4 is 11.1 Å². The van der Waals surface area contributed by atoms with E-state index >= 15 is 0 Å². The molecule has 94 valence electrons. The Hall–Kier alpha value is -1.26. The minimum atomic E-state index is -0.239. The fourth-order valence-corrected chi connectivity index (χ4v) is 1.57. The van der Waals surface area contributed by atoms with E-state index in [9.17, 15) is 4.79 Å². The van der Waals surface area contributed by atoms with Gasteiger partial charge in [0, 0.05) is 23.9 Å². The van der Waals surface area contributed by atoms with E-state index in [0.717, 1.165) is 0 Å². The summed E-state index contributed by atoms with van der Waals surface area (Å²) in [6, 6.07) is 4.82. The van der Waals surface area contributed by atoms with Crippen molar-refractivity contribution in [3.63, 3.8) is 0 Å². The van der Waals surface area contributed by atoms with Crippen LogP contribution in [0.1, 0.15) is 24.2 Å². The highest BCUT2D eigenvalue weighted by molar-refractivity contribution is 6.31. The minimum absolute atomic E-state index is 0.0237. The number of anilines is 1. The molecule has 1 unspecified atom stereocenters. The molecule has 1 amide bonds. The van der Waals surface area contributed by atoms with E-state index in [-0.39, 0.29) is 12.0 Å². The average Bonchev–Trinajstić information content (AvgIpc) is 2.29. The molecule has 5 heteroatoms. The average molecular weight is 257 g/mol. The van der Waals surface area contributed by atoms with Crippen molar-refractivity contribution in [3.8, 4) is 0 Å². The second-order valence-corrected chi connectivity index (χ2v) is 4.14. The smallest absolute Gasteiger partial charge is 0.253 e. The van der Waals surface area contributed by atoms with Crippen molar-refractivity contribution in [1.82, 2.24) is 5.32 Å². The summed E-state index contributed by atoms with van der Waals surface area (Å²) in [6.45, 7) is 4.87. The highest BCUT2D eigenvalue weighted by Crippen LogP contribution is 2.17. The third-order valence-corrected chi connectivity index (χ3v) is 2.50. The molecule has 0 saturated heterocycles. The predicted molar refractivity (Wildman–Crippen MR) is 69.3 cm³/mol. The number of nitrogen functional groups attached to an aromatic ring is 1. The van der Waals surface area contributed by atoms with Gasteiger partial charge in [0.1, 0.15) is 0 Å². The van der Waals surface area contributed by atoms with Crippen LogP contribution in [0.2, 0.25) is 5.02 Å². The van der Waals surface area contributed by atoms with Crippen LogP contribution in [0.25, 0.3) is 0 Å². The first-order valence-corrected chi connectivity index (χ1v) is 5.87. The molecule has 0 saturated carbocycles. The van der Waals surface area contributed by atoms with E-state index < -0.39 is 0 Å². The lowest BCUT2D eigenvalue weighted by atomic mass is 10.1. The van der Waals surface area contributed by atoms with Crippen LogP contribution in [0, 0.1) is 0 Å². The number of rotatable bonds is 5. The summed E-state index contributed by atoms with van der Waals surface area (Å²) in [5.41, 5.74) is 6.51. The molecule has 1 aromatic carbocycles. The molecule has 0 radical (unpaired) electrons. The number of amides is 1. The number of halogens is 1. The van der Waals surface area contributed by atoms with Gasteiger partial charge >= 0.3 is 0 Å². The van der Waals surface area contributed by atoms with Crippen molar-refractivity contribution in [3.05, 3.63) is 28.8 Å². The highest BCUT2D eigenvalue weighted by Gasteiger charge is 2.11. The molecular weight excluding hydrogens is 240 g/mol. The van der Waals surface area contributed by atoms with Crippen LogP contribution in [0.15, 0.2) is 18.2 Å². The number of nitrogens with two attached hydrogens (primary N) is 1. The lowest BCUT2D eigenvalue weighted by Crippen LogP contribution is -2.32. The standard InChI is InChI=1S/C12H17ClN2O2/c1-3-17-8(2)7-15-12(16)10-6-9(13)4-5-11(10)14/h4-6,8H,3,7,14H2,1-2H3,(H,15,16). The maximum Gasteiger partial charge on any atom is 0.253 e. The first kappa shape index (κ1) is 13.8. The Kier molecular flexibility index (Phi) is 5.25. The SMILES string of the molecule is CCOC(C)CNC(=O)c1cc(Cl)ccc1N. The van der Waals surface area contributed by atoms with Crippen LogP contribution in [-0.4, -0.2) is 25.2 Å². The number of hydrogen-bond donors (Lipinski definition) is 2. The molecule has 0 bridgehead atoms. The Morgan fingerprint density at radius 1 is 1.59 bits per heavy atom. The van der Waals surface area contributed by atoms with Crippen LogP contribution in [0.4, 0.5) is 5.69 Å². The Balaban J connectivity index is 2.61. The van der Waals surface area contributed by atoms with Gasteiger partial charge in [-0.3, -0.25) is 4.79 Å². The minimum Gasteiger partial charge on any atom is -0.398 e. The zero-order valence-electron chi connectivity index (χ0n) is 10.00. The van der Waals surface area contributed by atoms with Gasteiger partial charge in [0.05, 0.1) is 11.7 Å². The summed E-state index contributed by atoms with van der Waals surface area (Å²) >= 11 is 5.81. The molecule has 1 rings (SSSR count). The van der Waals surface area contributed by atoms with E-state index in [1.165, 1.54) is 0 Å². The topological polar surface area (TPSA) is 64.3 Å². The van der Waals surface area contributed by atoms with Crippen LogP contribution in [-0.2, 0) is 4.74 Å².